The number of ether oxygens (including phenoxy) is 1. The Morgan fingerprint density at radius 3 is 3.00 bits per heavy atom. The molecule has 2 heteroatoms. The second-order valence-corrected chi connectivity index (χ2v) is 4.26. The highest BCUT2D eigenvalue weighted by Gasteiger charge is 2.24. The molecular weight excluding hydrogens is 174 g/mol. The standard InChI is InChI=1S/C12H23NO/c1-4-5-6-7-10(2)13-12-8-9-14-11(12)3/h4,10-13H,1,5-9H2,2-3H3. The predicted octanol–water partition coefficient (Wildman–Crippen LogP) is 2.50. The van der Waals surface area contributed by atoms with E-state index in [4.69, 9.17) is 4.74 Å². The van der Waals surface area contributed by atoms with Crippen molar-refractivity contribution in [1.29, 1.82) is 0 Å². The van der Waals surface area contributed by atoms with Crippen LogP contribution in [0.1, 0.15) is 39.5 Å². The predicted molar refractivity (Wildman–Crippen MR) is 60.5 cm³/mol. The van der Waals surface area contributed by atoms with Gasteiger partial charge >= 0.3 is 0 Å². The van der Waals surface area contributed by atoms with Crippen molar-refractivity contribution >= 4 is 0 Å². The Balaban J connectivity index is 2.12. The molecule has 1 fully saturated rings. The van der Waals surface area contributed by atoms with Gasteiger partial charge in [0.1, 0.15) is 0 Å². The average Bonchev–Trinajstić information content (AvgIpc) is 2.52. The van der Waals surface area contributed by atoms with Crippen LogP contribution in [-0.4, -0.2) is 24.8 Å². The van der Waals surface area contributed by atoms with Gasteiger partial charge in [-0.25, -0.2) is 0 Å². The molecule has 1 aliphatic rings. The molecule has 0 amide bonds. The first-order chi connectivity index (χ1) is 6.74. The van der Waals surface area contributed by atoms with Gasteiger partial charge in [-0.15, -0.1) is 6.58 Å². The second kappa shape index (κ2) is 6.20. The molecule has 2 nitrogen and oxygen atoms in total. The topological polar surface area (TPSA) is 21.3 Å². The maximum Gasteiger partial charge on any atom is 0.0700 e. The highest BCUT2D eigenvalue weighted by atomic mass is 16.5. The zero-order valence-electron chi connectivity index (χ0n) is 9.46. The Labute approximate surface area is 87.7 Å². The van der Waals surface area contributed by atoms with Crippen LogP contribution in [0.15, 0.2) is 12.7 Å². The normalized spacial score (nSPS) is 29.0. The number of allylic oxidation sites excluding steroid dienone is 1. The molecular formula is C12H23NO. The van der Waals surface area contributed by atoms with Crippen LogP contribution in [0, 0.1) is 0 Å². The van der Waals surface area contributed by atoms with Crippen molar-refractivity contribution in [2.24, 2.45) is 0 Å². The molecule has 0 aromatic heterocycles. The first kappa shape index (κ1) is 11.7. The molecule has 0 spiro atoms. The van der Waals surface area contributed by atoms with E-state index >= 15 is 0 Å². The van der Waals surface area contributed by atoms with Gasteiger partial charge in [-0.05, 0) is 39.5 Å². The Bertz CT molecular complexity index is 170. The highest BCUT2D eigenvalue weighted by Crippen LogP contribution is 2.14. The SMILES string of the molecule is C=CCCCC(C)NC1CCOC1C. The van der Waals surface area contributed by atoms with Gasteiger partial charge in [-0.2, -0.15) is 0 Å². The zero-order chi connectivity index (χ0) is 10.4. The smallest absolute Gasteiger partial charge is 0.0700 e. The maximum absolute atomic E-state index is 5.51. The summed E-state index contributed by atoms with van der Waals surface area (Å²) in [6.45, 7) is 9.06. The van der Waals surface area contributed by atoms with Gasteiger partial charge in [0, 0.05) is 18.7 Å². The molecule has 3 atom stereocenters. The number of unbranched alkanes of at least 4 members (excludes halogenated alkanes) is 1. The van der Waals surface area contributed by atoms with Crippen molar-refractivity contribution in [3.05, 3.63) is 12.7 Å². The molecule has 0 bridgehead atoms. The molecule has 3 unspecified atom stereocenters. The lowest BCUT2D eigenvalue weighted by molar-refractivity contribution is 0.111. The van der Waals surface area contributed by atoms with Crippen molar-refractivity contribution in [2.45, 2.75) is 57.7 Å². The van der Waals surface area contributed by atoms with Crippen molar-refractivity contribution in [2.75, 3.05) is 6.61 Å². The summed E-state index contributed by atoms with van der Waals surface area (Å²) in [5, 5.41) is 3.63. The molecule has 1 heterocycles. The number of hydrogen-bond acceptors (Lipinski definition) is 2. The summed E-state index contributed by atoms with van der Waals surface area (Å²) in [5.74, 6) is 0. The van der Waals surface area contributed by atoms with Gasteiger partial charge < -0.3 is 10.1 Å². The van der Waals surface area contributed by atoms with E-state index < -0.39 is 0 Å². The summed E-state index contributed by atoms with van der Waals surface area (Å²) >= 11 is 0. The zero-order valence-corrected chi connectivity index (χ0v) is 9.46. The van der Waals surface area contributed by atoms with Gasteiger partial charge in [0.2, 0.25) is 0 Å². The highest BCUT2D eigenvalue weighted by molar-refractivity contribution is 4.81. The molecule has 14 heavy (non-hydrogen) atoms. The van der Waals surface area contributed by atoms with Crippen LogP contribution in [-0.2, 0) is 4.74 Å². The summed E-state index contributed by atoms with van der Waals surface area (Å²) in [4.78, 5) is 0. The fourth-order valence-corrected chi connectivity index (χ4v) is 1.97. The van der Waals surface area contributed by atoms with Crippen LogP contribution < -0.4 is 5.32 Å². The molecule has 0 radical (unpaired) electrons. The second-order valence-electron chi connectivity index (χ2n) is 4.26. The summed E-state index contributed by atoms with van der Waals surface area (Å²) in [7, 11) is 0. The Kier molecular flexibility index (Phi) is 5.20. The van der Waals surface area contributed by atoms with E-state index in [9.17, 15) is 0 Å². The van der Waals surface area contributed by atoms with E-state index in [-0.39, 0.29) is 0 Å². The minimum absolute atomic E-state index is 0.386. The van der Waals surface area contributed by atoms with Gasteiger partial charge in [-0.1, -0.05) is 6.08 Å². The average molecular weight is 197 g/mol. The van der Waals surface area contributed by atoms with Crippen LogP contribution in [0.4, 0.5) is 0 Å². The number of nitrogens with one attached hydrogen (secondary N) is 1. The van der Waals surface area contributed by atoms with E-state index in [1.54, 1.807) is 0 Å². The fourth-order valence-electron chi connectivity index (χ4n) is 1.97. The van der Waals surface area contributed by atoms with Crippen LogP contribution >= 0.6 is 0 Å². The summed E-state index contributed by atoms with van der Waals surface area (Å²) in [6.07, 6.45) is 7.13. The van der Waals surface area contributed by atoms with Crippen LogP contribution in [0.3, 0.4) is 0 Å². The van der Waals surface area contributed by atoms with Gasteiger partial charge in [0.05, 0.1) is 6.10 Å². The first-order valence-corrected chi connectivity index (χ1v) is 5.72. The summed E-state index contributed by atoms with van der Waals surface area (Å²) in [5.41, 5.74) is 0. The van der Waals surface area contributed by atoms with E-state index in [1.807, 2.05) is 6.08 Å². The lowest BCUT2D eigenvalue weighted by Gasteiger charge is -2.21. The molecule has 1 rings (SSSR count). The fraction of sp³-hybridized carbons (Fsp3) is 0.833. The van der Waals surface area contributed by atoms with Crippen molar-refractivity contribution in [3.63, 3.8) is 0 Å². The Morgan fingerprint density at radius 2 is 2.43 bits per heavy atom. The molecule has 0 aliphatic carbocycles. The minimum atomic E-state index is 0.386. The molecule has 1 N–H and O–H groups in total. The van der Waals surface area contributed by atoms with Crippen molar-refractivity contribution < 1.29 is 4.74 Å². The number of hydrogen-bond donors (Lipinski definition) is 1. The number of rotatable bonds is 6. The van der Waals surface area contributed by atoms with Gasteiger partial charge in [0.25, 0.3) is 0 Å². The quantitative estimate of drug-likeness (QED) is 0.522. The van der Waals surface area contributed by atoms with Gasteiger partial charge in [-0.3, -0.25) is 0 Å². The molecule has 82 valence electrons. The molecule has 0 aromatic rings. The molecule has 1 aliphatic heterocycles. The van der Waals surface area contributed by atoms with Crippen LogP contribution in [0.5, 0.6) is 0 Å². The minimum Gasteiger partial charge on any atom is -0.377 e. The molecule has 0 saturated carbocycles. The Morgan fingerprint density at radius 1 is 1.64 bits per heavy atom. The molecule has 1 saturated heterocycles. The summed E-state index contributed by atoms with van der Waals surface area (Å²) in [6, 6.07) is 1.16. The van der Waals surface area contributed by atoms with E-state index in [0.29, 0.717) is 18.2 Å². The third-order valence-electron chi connectivity index (χ3n) is 2.92. The maximum atomic E-state index is 5.51. The lowest BCUT2D eigenvalue weighted by Crippen LogP contribution is -2.40. The van der Waals surface area contributed by atoms with E-state index in [2.05, 4.69) is 25.7 Å². The first-order valence-electron chi connectivity index (χ1n) is 5.72. The van der Waals surface area contributed by atoms with Crippen molar-refractivity contribution in [3.8, 4) is 0 Å². The largest absolute Gasteiger partial charge is 0.377 e. The third kappa shape index (κ3) is 3.81. The van der Waals surface area contributed by atoms with Crippen molar-refractivity contribution in [1.82, 2.24) is 5.32 Å². The van der Waals surface area contributed by atoms with E-state index in [1.165, 1.54) is 12.8 Å². The lowest BCUT2D eigenvalue weighted by atomic mass is 10.1. The monoisotopic (exact) mass is 197 g/mol. The summed E-state index contributed by atoms with van der Waals surface area (Å²) < 4.78 is 5.51. The third-order valence-corrected chi connectivity index (χ3v) is 2.92. The molecule has 0 aromatic carbocycles. The van der Waals surface area contributed by atoms with Gasteiger partial charge in [0.15, 0.2) is 0 Å². The van der Waals surface area contributed by atoms with Crippen LogP contribution in [0.25, 0.3) is 0 Å². The van der Waals surface area contributed by atoms with E-state index in [0.717, 1.165) is 19.4 Å². The Hall–Kier alpha value is -0.340. The van der Waals surface area contributed by atoms with Crippen LogP contribution in [0.2, 0.25) is 0 Å².